The van der Waals surface area contributed by atoms with Gasteiger partial charge in [-0.05, 0) is 68.8 Å². The quantitative estimate of drug-likeness (QED) is 0.895. The molecule has 2 unspecified atom stereocenters. The van der Waals surface area contributed by atoms with E-state index in [4.69, 9.17) is 22.1 Å². The lowest BCUT2D eigenvalue weighted by Gasteiger charge is -2.15. The number of halogens is 1. The monoisotopic (exact) mass is 253 g/mol. The van der Waals surface area contributed by atoms with Gasteiger partial charge in [0.25, 0.3) is 0 Å². The summed E-state index contributed by atoms with van der Waals surface area (Å²) < 4.78 is 6.01. The normalized spacial score (nSPS) is 24.0. The Morgan fingerprint density at radius 3 is 2.47 bits per heavy atom. The van der Waals surface area contributed by atoms with E-state index in [1.54, 1.807) is 0 Å². The molecule has 2 N–H and O–H groups in total. The first kappa shape index (κ1) is 12.7. The van der Waals surface area contributed by atoms with Gasteiger partial charge < -0.3 is 10.5 Å². The molecular formula is C14H20ClNO. The number of nitrogens with two attached hydrogens (primary N) is 1. The van der Waals surface area contributed by atoms with Crippen molar-refractivity contribution in [1.29, 1.82) is 0 Å². The molecular weight excluding hydrogens is 234 g/mol. The van der Waals surface area contributed by atoms with Crippen molar-refractivity contribution >= 4 is 11.6 Å². The lowest BCUT2D eigenvalue weighted by molar-refractivity contribution is 0.204. The van der Waals surface area contributed by atoms with Gasteiger partial charge in [-0.2, -0.15) is 0 Å². The minimum atomic E-state index is 0.323. The van der Waals surface area contributed by atoms with Gasteiger partial charge in [-0.3, -0.25) is 0 Å². The van der Waals surface area contributed by atoms with Crippen molar-refractivity contribution in [1.82, 2.24) is 0 Å². The number of benzene rings is 1. The Hall–Kier alpha value is -0.730. The molecule has 0 saturated heterocycles. The van der Waals surface area contributed by atoms with Crippen LogP contribution in [0.4, 0.5) is 0 Å². The first-order valence-corrected chi connectivity index (χ1v) is 6.61. The number of hydrogen-bond donors (Lipinski definition) is 1. The standard InChI is InChI=1S/C14H20ClNO/c1-9-5-13(6-10(2)14(9)15)17-12-4-3-11(7-12)8-16/h5-6,11-12H,3-4,7-8,16H2,1-2H3. The summed E-state index contributed by atoms with van der Waals surface area (Å²) in [7, 11) is 0. The molecule has 1 aliphatic rings. The van der Waals surface area contributed by atoms with Crippen molar-refractivity contribution in [3.05, 3.63) is 28.3 Å². The minimum absolute atomic E-state index is 0.323. The first-order valence-electron chi connectivity index (χ1n) is 6.23. The molecule has 3 heteroatoms. The zero-order valence-corrected chi connectivity index (χ0v) is 11.3. The molecule has 0 radical (unpaired) electrons. The highest BCUT2D eigenvalue weighted by molar-refractivity contribution is 6.32. The number of hydrogen-bond acceptors (Lipinski definition) is 2. The summed E-state index contributed by atoms with van der Waals surface area (Å²) in [5, 5.41) is 0.837. The highest BCUT2D eigenvalue weighted by Crippen LogP contribution is 2.31. The van der Waals surface area contributed by atoms with Gasteiger partial charge in [-0.15, -0.1) is 0 Å². The predicted molar refractivity (Wildman–Crippen MR) is 71.7 cm³/mol. The van der Waals surface area contributed by atoms with Gasteiger partial charge in [0, 0.05) is 5.02 Å². The van der Waals surface area contributed by atoms with E-state index in [0.29, 0.717) is 12.0 Å². The maximum Gasteiger partial charge on any atom is 0.120 e. The van der Waals surface area contributed by atoms with Crippen LogP contribution in [-0.2, 0) is 0 Å². The molecule has 2 atom stereocenters. The summed E-state index contributed by atoms with van der Waals surface area (Å²) in [6.07, 6.45) is 3.70. The maximum atomic E-state index is 6.14. The van der Waals surface area contributed by atoms with Crippen molar-refractivity contribution in [2.75, 3.05) is 6.54 Å². The van der Waals surface area contributed by atoms with Crippen molar-refractivity contribution in [3.63, 3.8) is 0 Å². The van der Waals surface area contributed by atoms with Gasteiger partial charge in [0.1, 0.15) is 5.75 Å². The molecule has 17 heavy (non-hydrogen) atoms. The van der Waals surface area contributed by atoms with Crippen molar-refractivity contribution in [3.8, 4) is 5.75 Å². The van der Waals surface area contributed by atoms with Gasteiger partial charge in [0.2, 0.25) is 0 Å². The third-order valence-corrected chi connectivity index (χ3v) is 4.14. The molecule has 94 valence electrons. The third kappa shape index (κ3) is 2.93. The topological polar surface area (TPSA) is 35.2 Å². The highest BCUT2D eigenvalue weighted by Gasteiger charge is 2.25. The Morgan fingerprint density at radius 2 is 1.94 bits per heavy atom. The van der Waals surface area contributed by atoms with E-state index in [1.807, 2.05) is 26.0 Å². The first-order chi connectivity index (χ1) is 8.10. The molecule has 2 rings (SSSR count). The average molecular weight is 254 g/mol. The van der Waals surface area contributed by atoms with Crippen LogP contribution in [0.15, 0.2) is 12.1 Å². The van der Waals surface area contributed by atoms with Gasteiger partial charge in [0.15, 0.2) is 0 Å². The summed E-state index contributed by atoms with van der Waals surface area (Å²) in [6, 6.07) is 4.04. The molecule has 1 aliphatic carbocycles. The molecule has 0 spiro atoms. The molecule has 0 bridgehead atoms. The Morgan fingerprint density at radius 1 is 1.29 bits per heavy atom. The van der Waals surface area contributed by atoms with Crippen LogP contribution in [0, 0.1) is 19.8 Å². The molecule has 0 aromatic heterocycles. The van der Waals surface area contributed by atoms with Crippen LogP contribution in [0.25, 0.3) is 0 Å². The molecule has 1 aromatic rings. The van der Waals surface area contributed by atoms with Crippen molar-refractivity contribution in [2.45, 2.75) is 39.2 Å². The maximum absolute atomic E-state index is 6.14. The smallest absolute Gasteiger partial charge is 0.120 e. The number of rotatable bonds is 3. The second-order valence-electron chi connectivity index (χ2n) is 5.03. The third-order valence-electron chi connectivity index (χ3n) is 3.54. The minimum Gasteiger partial charge on any atom is -0.490 e. The number of ether oxygens (including phenoxy) is 1. The molecule has 1 aromatic carbocycles. The van der Waals surface area contributed by atoms with E-state index in [-0.39, 0.29) is 0 Å². The Bertz CT molecular complexity index is 382. The number of aryl methyl sites for hydroxylation is 2. The SMILES string of the molecule is Cc1cc(OC2CCC(CN)C2)cc(C)c1Cl. The summed E-state index contributed by atoms with van der Waals surface area (Å²) >= 11 is 6.14. The predicted octanol–water partition coefficient (Wildman–Crippen LogP) is 3.46. The lowest BCUT2D eigenvalue weighted by Crippen LogP contribution is -2.15. The molecule has 2 nitrogen and oxygen atoms in total. The molecule has 1 fully saturated rings. The summed E-state index contributed by atoms with van der Waals surface area (Å²) in [4.78, 5) is 0. The highest BCUT2D eigenvalue weighted by atomic mass is 35.5. The summed E-state index contributed by atoms with van der Waals surface area (Å²) in [6.45, 7) is 4.80. The zero-order chi connectivity index (χ0) is 12.4. The van der Waals surface area contributed by atoms with E-state index in [1.165, 1.54) is 6.42 Å². The van der Waals surface area contributed by atoms with Gasteiger partial charge in [0.05, 0.1) is 6.10 Å². The van der Waals surface area contributed by atoms with Gasteiger partial charge >= 0.3 is 0 Å². The van der Waals surface area contributed by atoms with E-state index in [2.05, 4.69) is 0 Å². The second kappa shape index (κ2) is 5.28. The fourth-order valence-electron chi connectivity index (χ4n) is 2.52. The van der Waals surface area contributed by atoms with E-state index >= 15 is 0 Å². The van der Waals surface area contributed by atoms with Crippen LogP contribution in [-0.4, -0.2) is 12.6 Å². The van der Waals surface area contributed by atoms with Gasteiger partial charge in [-0.25, -0.2) is 0 Å². The van der Waals surface area contributed by atoms with Crippen LogP contribution in [0.1, 0.15) is 30.4 Å². The molecule has 1 saturated carbocycles. The van der Waals surface area contributed by atoms with Crippen molar-refractivity contribution in [2.24, 2.45) is 11.7 Å². The van der Waals surface area contributed by atoms with Crippen molar-refractivity contribution < 1.29 is 4.74 Å². The molecule has 0 heterocycles. The fraction of sp³-hybridized carbons (Fsp3) is 0.571. The molecule has 0 aliphatic heterocycles. The van der Waals surface area contributed by atoms with Crippen LogP contribution in [0.5, 0.6) is 5.75 Å². The fourth-order valence-corrected chi connectivity index (χ4v) is 2.63. The van der Waals surface area contributed by atoms with E-state index < -0.39 is 0 Å². The Balaban J connectivity index is 2.04. The van der Waals surface area contributed by atoms with E-state index in [0.717, 1.165) is 41.3 Å². The molecule has 0 amide bonds. The van der Waals surface area contributed by atoms with Gasteiger partial charge in [-0.1, -0.05) is 11.6 Å². The largest absolute Gasteiger partial charge is 0.490 e. The lowest BCUT2D eigenvalue weighted by atomic mass is 10.1. The van der Waals surface area contributed by atoms with Crippen LogP contribution in [0.2, 0.25) is 5.02 Å². The Kier molecular flexibility index (Phi) is 3.95. The second-order valence-corrected chi connectivity index (χ2v) is 5.40. The van der Waals surface area contributed by atoms with Crippen LogP contribution >= 0.6 is 11.6 Å². The Labute approximate surface area is 108 Å². The summed E-state index contributed by atoms with van der Waals surface area (Å²) in [5.41, 5.74) is 7.84. The van der Waals surface area contributed by atoms with Crippen LogP contribution in [0.3, 0.4) is 0 Å². The zero-order valence-electron chi connectivity index (χ0n) is 10.5. The average Bonchev–Trinajstić information content (AvgIpc) is 2.73. The summed E-state index contributed by atoms with van der Waals surface area (Å²) in [5.74, 6) is 1.57. The van der Waals surface area contributed by atoms with E-state index in [9.17, 15) is 0 Å². The van der Waals surface area contributed by atoms with Crippen LogP contribution < -0.4 is 10.5 Å².